The Labute approximate surface area is 132 Å². The number of nitrogens with zero attached hydrogens (tertiary/aromatic N) is 2. The summed E-state index contributed by atoms with van der Waals surface area (Å²) in [6.07, 6.45) is 0. The van der Waals surface area contributed by atoms with Crippen molar-refractivity contribution in [1.29, 1.82) is 0 Å². The minimum absolute atomic E-state index is 0.334. The van der Waals surface area contributed by atoms with Crippen molar-refractivity contribution < 1.29 is 0 Å². The molecule has 3 aromatic rings. The first-order valence-electron chi connectivity index (χ1n) is 7.07. The molecule has 0 atom stereocenters. The first-order valence-corrected chi connectivity index (χ1v) is 7.87. The van der Waals surface area contributed by atoms with Gasteiger partial charge in [-0.05, 0) is 37.6 Å². The maximum Gasteiger partial charge on any atom is 0.142 e. The SMILES string of the molecule is CC(C)n1c(-c2ccccc2Br)nc2cc(CN)ccc21. The zero-order valence-corrected chi connectivity index (χ0v) is 13.8. The number of nitrogens with two attached hydrogens (primary N) is 1. The van der Waals surface area contributed by atoms with Crippen molar-refractivity contribution in [3.8, 4) is 11.4 Å². The van der Waals surface area contributed by atoms with Gasteiger partial charge >= 0.3 is 0 Å². The van der Waals surface area contributed by atoms with Gasteiger partial charge < -0.3 is 10.3 Å². The molecule has 1 heterocycles. The Morgan fingerprint density at radius 2 is 1.95 bits per heavy atom. The van der Waals surface area contributed by atoms with Crippen molar-refractivity contribution in [3.05, 3.63) is 52.5 Å². The molecule has 0 spiro atoms. The number of benzene rings is 2. The van der Waals surface area contributed by atoms with Gasteiger partial charge in [-0.3, -0.25) is 0 Å². The number of aromatic nitrogens is 2. The van der Waals surface area contributed by atoms with Crippen LogP contribution in [0, 0.1) is 0 Å². The van der Waals surface area contributed by atoms with Crippen molar-refractivity contribution >= 4 is 27.0 Å². The van der Waals surface area contributed by atoms with Gasteiger partial charge in [0.1, 0.15) is 5.82 Å². The summed E-state index contributed by atoms with van der Waals surface area (Å²) in [6.45, 7) is 4.89. The Morgan fingerprint density at radius 1 is 1.19 bits per heavy atom. The second-order valence-corrected chi connectivity index (χ2v) is 6.26. The molecule has 0 bridgehead atoms. The van der Waals surface area contributed by atoms with Crippen LogP contribution in [-0.2, 0) is 6.54 Å². The number of halogens is 1. The molecule has 1 aromatic heterocycles. The molecule has 0 saturated carbocycles. The van der Waals surface area contributed by atoms with Crippen molar-refractivity contribution in [2.24, 2.45) is 5.73 Å². The van der Waals surface area contributed by atoms with Gasteiger partial charge in [0.25, 0.3) is 0 Å². The summed E-state index contributed by atoms with van der Waals surface area (Å²) in [4.78, 5) is 4.85. The second kappa shape index (κ2) is 5.62. The molecule has 0 saturated heterocycles. The maximum atomic E-state index is 5.74. The molecular formula is C17H18BrN3. The second-order valence-electron chi connectivity index (χ2n) is 5.41. The molecule has 0 fully saturated rings. The average Bonchev–Trinajstić information content (AvgIpc) is 2.85. The molecule has 0 aliphatic carbocycles. The number of hydrogen-bond donors (Lipinski definition) is 1. The maximum absolute atomic E-state index is 5.74. The van der Waals surface area contributed by atoms with Gasteiger partial charge in [-0.15, -0.1) is 0 Å². The summed E-state index contributed by atoms with van der Waals surface area (Å²) < 4.78 is 3.33. The van der Waals surface area contributed by atoms with Crippen molar-refractivity contribution in [3.63, 3.8) is 0 Å². The number of fused-ring (bicyclic) bond motifs is 1. The van der Waals surface area contributed by atoms with Crippen molar-refractivity contribution in [2.75, 3.05) is 0 Å². The predicted octanol–water partition coefficient (Wildman–Crippen LogP) is 4.51. The van der Waals surface area contributed by atoms with E-state index in [0.29, 0.717) is 12.6 Å². The third kappa shape index (κ3) is 2.49. The van der Waals surface area contributed by atoms with Gasteiger partial charge in [0.2, 0.25) is 0 Å². The minimum Gasteiger partial charge on any atom is -0.326 e. The smallest absolute Gasteiger partial charge is 0.142 e. The van der Waals surface area contributed by atoms with Crippen LogP contribution in [0.25, 0.3) is 22.4 Å². The van der Waals surface area contributed by atoms with E-state index in [-0.39, 0.29) is 0 Å². The molecule has 0 aliphatic heterocycles. The monoisotopic (exact) mass is 343 g/mol. The molecule has 4 heteroatoms. The van der Waals surface area contributed by atoms with E-state index in [2.05, 4.69) is 58.6 Å². The highest BCUT2D eigenvalue weighted by molar-refractivity contribution is 9.10. The van der Waals surface area contributed by atoms with Crippen LogP contribution in [0.3, 0.4) is 0 Å². The molecule has 3 nitrogen and oxygen atoms in total. The van der Waals surface area contributed by atoms with Gasteiger partial charge in [-0.1, -0.05) is 40.2 Å². The highest BCUT2D eigenvalue weighted by atomic mass is 79.9. The normalized spacial score (nSPS) is 11.5. The quantitative estimate of drug-likeness (QED) is 0.760. The molecule has 21 heavy (non-hydrogen) atoms. The zero-order valence-electron chi connectivity index (χ0n) is 12.2. The van der Waals surface area contributed by atoms with Gasteiger partial charge in [0, 0.05) is 22.6 Å². The van der Waals surface area contributed by atoms with E-state index in [4.69, 9.17) is 10.7 Å². The molecule has 0 radical (unpaired) electrons. The van der Waals surface area contributed by atoms with E-state index < -0.39 is 0 Å². The fourth-order valence-corrected chi connectivity index (χ4v) is 3.09. The first-order chi connectivity index (χ1) is 10.1. The lowest BCUT2D eigenvalue weighted by Gasteiger charge is -2.14. The molecular weight excluding hydrogens is 326 g/mol. The Hall–Kier alpha value is -1.65. The Kier molecular flexibility index (Phi) is 3.83. The molecule has 0 amide bonds. The Bertz CT molecular complexity index is 790. The summed E-state index contributed by atoms with van der Waals surface area (Å²) in [5, 5.41) is 0. The van der Waals surface area contributed by atoms with Crippen LogP contribution in [-0.4, -0.2) is 9.55 Å². The molecule has 0 aliphatic rings. The van der Waals surface area contributed by atoms with E-state index in [1.165, 1.54) is 0 Å². The largest absolute Gasteiger partial charge is 0.326 e. The predicted molar refractivity (Wildman–Crippen MR) is 91.1 cm³/mol. The van der Waals surface area contributed by atoms with Gasteiger partial charge in [0.15, 0.2) is 0 Å². The average molecular weight is 344 g/mol. The summed E-state index contributed by atoms with van der Waals surface area (Å²) in [7, 11) is 0. The Balaban J connectivity index is 2.31. The third-order valence-electron chi connectivity index (χ3n) is 3.62. The lowest BCUT2D eigenvalue weighted by molar-refractivity contribution is 0.624. The van der Waals surface area contributed by atoms with Crippen LogP contribution in [0.5, 0.6) is 0 Å². The van der Waals surface area contributed by atoms with Gasteiger partial charge in [-0.2, -0.15) is 0 Å². The van der Waals surface area contributed by atoms with Crippen molar-refractivity contribution in [2.45, 2.75) is 26.4 Å². The fraction of sp³-hybridized carbons (Fsp3) is 0.235. The van der Waals surface area contributed by atoms with Crippen LogP contribution in [0.1, 0.15) is 25.5 Å². The highest BCUT2D eigenvalue weighted by Gasteiger charge is 2.16. The standard InChI is InChI=1S/C17H18BrN3/c1-11(2)21-16-8-7-12(10-19)9-15(16)20-17(21)13-5-3-4-6-14(13)18/h3-9,11H,10,19H2,1-2H3. The molecule has 0 unspecified atom stereocenters. The topological polar surface area (TPSA) is 43.8 Å². The lowest BCUT2D eigenvalue weighted by atomic mass is 10.2. The number of rotatable bonds is 3. The molecule has 2 N–H and O–H groups in total. The summed E-state index contributed by atoms with van der Waals surface area (Å²) in [5.74, 6) is 0.988. The van der Waals surface area contributed by atoms with Crippen LogP contribution < -0.4 is 5.73 Å². The van der Waals surface area contributed by atoms with Crippen LogP contribution >= 0.6 is 15.9 Å². The van der Waals surface area contributed by atoms with E-state index in [9.17, 15) is 0 Å². The van der Waals surface area contributed by atoms with Crippen LogP contribution in [0.15, 0.2) is 46.9 Å². The first kappa shape index (κ1) is 14.3. The molecule has 2 aromatic carbocycles. The van der Waals surface area contributed by atoms with E-state index in [1.54, 1.807) is 0 Å². The highest BCUT2D eigenvalue weighted by Crippen LogP contribution is 2.32. The van der Waals surface area contributed by atoms with E-state index in [0.717, 1.165) is 32.5 Å². The number of imidazole rings is 1. The summed E-state index contributed by atoms with van der Waals surface area (Å²) >= 11 is 3.63. The zero-order chi connectivity index (χ0) is 15.0. The van der Waals surface area contributed by atoms with E-state index in [1.807, 2.05) is 18.2 Å². The Morgan fingerprint density at radius 3 is 2.62 bits per heavy atom. The van der Waals surface area contributed by atoms with Crippen molar-refractivity contribution in [1.82, 2.24) is 9.55 Å². The minimum atomic E-state index is 0.334. The summed E-state index contributed by atoms with van der Waals surface area (Å²) in [5.41, 5.74) is 10.1. The fourth-order valence-electron chi connectivity index (χ4n) is 2.63. The molecule has 3 rings (SSSR count). The number of hydrogen-bond acceptors (Lipinski definition) is 2. The molecule has 108 valence electrons. The van der Waals surface area contributed by atoms with Crippen LogP contribution in [0.2, 0.25) is 0 Å². The third-order valence-corrected chi connectivity index (χ3v) is 4.31. The van der Waals surface area contributed by atoms with E-state index >= 15 is 0 Å². The van der Waals surface area contributed by atoms with Crippen LogP contribution in [0.4, 0.5) is 0 Å². The van der Waals surface area contributed by atoms with Gasteiger partial charge in [0.05, 0.1) is 11.0 Å². The lowest BCUT2D eigenvalue weighted by Crippen LogP contribution is -2.03. The van der Waals surface area contributed by atoms with Gasteiger partial charge in [-0.25, -0.2) is 4.98 Å². The summed E-state index contributed by atoms with van der Waals surface area (Å²) in [6, 6.07) is 14.8.